The second kappa shape index (κ2) is 6.32. The Labute approximate surface area is 100.0 Å². The van der Waals surface area contributed by atoms with Crippen LogP contribution in [0.4, 0.5) is 4.39 Å². The third kappa shape index (κ3) is 3.80. The Kier molecular flexibility index (Phi) is 5.06. The molecule has 1 atom stereocenters. The van der Waals surface area contributed by atoms with Crippen LogP contribution in [0.25, 0.3) is 0 Å². The molecule has 4 nitrogen and oxygen atoms in total. The quantitative estimate of drug-likeness (QED) is 0.801. The minimum absolute atomic E-state index is 0.239. The molecular formula is C12H17FN2O2. The van der Waals surface area contributed by atoms with Gasteiger partial charge in [-0.15, -0.1) is 0 Å². The van der Waals surface area contributed by atoms with Gasteiger partial charge in [0.1, 0.15) is 5.82 Å². The number of nitrogens with one attached hydrogen (secondary N) is 1. The molecule has 0 aromatic heterocycles. The molecule has 0 aliphatic carbocycles. The third-order valence-electron chi connectivity index (χ3n) is 2.42. The Morgan fingerprint density at radius 3 is 2.82 bits per heavy atom. The van der Waals surface area contributed by atoms with Crippen molar-refractivity contribution in [3.05, 3.63) is 35.1 Å². The highest BCUT2D eigenvalue weighted by atomic mass is 19.1. The van der Waals surface area contributed by atoms with Crippen molar-refractivity contribution in [2.45, 2.75) is 13.0 Å². The molecule has 1 amide bonds. The molecule has 0 bridgehead atoms. The van der Waals surface area contributed by atoms with Crippen molar-refractivity contribution in [1.29, 1.82) is 0 Å². The van der Waals surface area contributed by atoms with Crippen molar-refractivity contribution < 1.29 is 13.9 Å². The number of benzene rings is 1. The molecule has 0 saturated heterocycles. The molecule has 1 aromatic carbocycles. The molecule has 1 aromatic rings. The largest absolute Gasteiger partial charge is 0.383 e. The lowest BCUT2D eigenvalue weighted by Gasteiger charge is -2.16. The van der Waals surface area contributed by atoms with Gasteiger partial charge in [0.15, 0.2) is 0 Å². The van der Waals surface area contributed by atoms with Crippen molar-refractivity contribution in [3.8, 4) is 0 Å². The summed E-state index contributed by atoms with van der Waals surface area (Å²) in [4.78, 5) is 11.9. The first-order valence-electron chi connectivity index (χ1n) is 5.34. The molecule has 0 aliphatic rings. The number of hydrogen-bond donors (Lipinski definition) is 2. The molecule has 0 heterocycles. The molecule has 0 aliphatic heterocycles. The average Bonchev–Trinajstić information content (AvgIpc) is 2.28. The lowest BCUT2D eigenvalue weighted by Crippen LogP contribution is -2.43. The summed E-state index contributed by atoms with van der Waals surface area (Å²) in [7, 11) is 1.54. The van der Waals surface area contributed by atoms with Crippen LogP contribution in [-0.4, -0.2) is 32.2 Å². The number of hydrogen-bond acceptors (Lipinski definition) is 3. The van der Waals surface area contributed by atoms with Crippen molar-refractivity contribution >= 4 is 5.91 Å². The number of halogens is 1. The topological polar surface area (TPSA) is 64.3 Å². The lowest BCUT2D eigenvalue weighted by molar-refractivity contribution is 0.0900. The van der Waals surface area contributed by atoms with E-state index in [4.69, 9.17) is 10.5 Å². The van der Waals surface area contributed by atoms with Crippen molar-refractivity contribution in [2.24, 2.45) is 5.73 Å². The Bertz CT molecular complexity index is 396. The highest BCUT2D eigenvalue weighted by Gasteiger charge is 2.14. The Balaban J connectivity index is 2.75. The van der Waals surface area contributed by atoms with Crippen molar-refractivity contribution in [1.82, 2.24) is 5.32 Å². The van der Waals surface area contributed by atoms with Crippen LogP contribution in [-0.2, 0) is 4.74 Å². The number of methoxy groups -OCH3 is 1. The highest BCUT2D eigenvalue weighted by molar-refractivity contribution is 5.95. The van der Waals surface area contributed by atoms with E-state index in [1.165, 1.54) is 25.3 Å². The summed E-state index contributed by atoms with van der Waals surface area (Å²) in [5.74, 6) is -0.624. The van der Waals surface area contributed by atoms with Gasteiger partial charge >= 0.3 is 0 Å². The smallest absolute Gasteiger partial charge is 0.251 e. The summed E-state index contributed by atoms with van der Waals surface area (Å²) in [5.41, 5.74) is 6.53. The normalized spacial score (nSPS) is 12.2. The maximum absolute atomic E-state index is 12.9. The fraction of sp³-hybridized carbons (Fsp3) is 0.417. The number of nitrogens with two attached hydrogens (primary N) is 1. The van der Waals surface area contributed by atoms with Crippen LogP contribution in [0.3, 0.4) is 0 Å². The van der Waals surface area contributed by atoms with E-state index >= 15 is 0 Å². The minimum Gasteiger partial charge on any atom is -0.383 e. The summed E-state index contributed by atoms with van der Waals surface area (Å²) in [5, 5.41) is 2.73. The van der Waals surface area contributed by atoms with Gasteiger partial charge in [0.25, 0.3) is 5.91 Å². The van der Waals surface area contributed by atoms with E-state index in [1.54, 1.807) is 6.92 Å². The van der Waals surface area contributed by atoms with E-state index in [2.05, 4.69) is 5.32 Å². The summed E-state index contributed by atoms with van der Waals surface area (Å²) in [6.45, 7) is 2.33. The number of carbonyl (C=O) groups excluding carboxylic acids is 1. The van der Waals surface area contributed by atoms with Crippen LogP contribution < -0.4 is 11.1 Å². The molecule has 94 valence electrons. The highest BCUT2D eigenvalue weighted by Crippen LogP contribution is 2.10. The van der Waals surface area contributed by atoms with Crippen LogP contribution in [0, 0.1) is 12.7 Å². The van der Waals surface area contributed by atoms with E-state index in [1.807, 2.05) is 0 Å². The zero-order valence-electron chi connectivity index (χ0n) is 10.00. The Hall–Kier alpha value is -1.46. The standard InChI is InChI=1S/C12H17FN2O2/c1-8-5-9(13)3-4-11(8)12(16)15-10(6-14)7-17-2/h3-5,10H,6-7,14H2,1-2H3,(H,15,16). The second-order valence-electron chi connectivity index (χ2n) is 3.82. The van der Waals surface area contributed by atoms with Gasteiger partial charge in [0.2, 0.25) is 0 Å². The molecule has 17 heavy (non-hydrogen) atoms. The van der Waals surface area contributed by atoms with E-state index in [0.717, 1.165) is 0 Å². The number of rotatable bonds is 5. The van der Waals surface area contributed by atoms with Crippen LogP contribution >= 0.6 is 0 Å². The summed E-state index contributed by atoms with van der Waals surface area (Å²) in [6, 6.07) is 3.80. The molecule has 3 N–H and O–H groups in total. The van der Waals surface area contributed by atoms with Crippen LogP contribution in [0.1, 0.15) is 15.9 Å². The van der Waals surface area contributed by atoms with Gasteiger partial charge in [0, 0.05) is 19.2 Å². The summed E-state index contributed by atoms with van der Waals surface area (Å²) in [6.07, 6.45) is 0. The van der Waals surface area contributed by atoms with Crippen molar-refractivity contribution in [3.63, 3.8) is 0 Å². The molecule has 0 fully saturated rings. The van der Waals surface area contributed by atoms with E-state index in [0.29, 0.717) is 24.3 Å². The van der Waals surface area contributed by atoms with Crippen molar-refractivity contribution in [2.75, 3.05) is 20.3 Å². The Morgan fingerprint density at radius 2 is 2.29 bits per heavy atom. The second-order valence-corrected chi connectivity index (χ2v) is 3.82. The fourth-order valence-electron chi connectivity index (χ4n) is 1.51. The predicted molar refractivity (Wildman–Crippen MR) is 63.3 cm³/mol. The molecule has 5 heteroatoms. The van der Waals surface area contributed by atoms with Crippen LogP contribution in [0.5, 0.6) is 0 Å². The first kappa shape index (κ1) is 13.6. The molecule has 1 unspecified atom stereocenters. The summed E-state index contributed by atoms with van der Waals surface area (Å²) >= 11 is 0. The van der Waals surface area contributed by atoms with E-state index in [9.17, 15) is 9.18 Å². The lowest BCUT2D eigenvalue weighted by atomic mass is 10.1. The van der Waals surface area contributed by atoms with Gasteiger partial charge in [0.05, 0.1) is 12.6 Å². The van der Waals surface area contributed by atoms with E-state index < -0.39 is 0 Å². The SMILES string of the molecule is COCC(CN)NC(=O)c1ccc(F)cc1C. The summed E-state index contributed by atoms with van der Waals surface area (Å²) < 4.78 is 17.8. The van der Waals surface area contributed by atoms with Gasteiger partial charge in [-0.05, 0) is 30.7 Å². The molecule has 0 saturated carbocycles. The number of ether oxygens (including phenoxy) is 1. The average molecular weight is 240 g/mol. The molecule has 0 radical (unpaired) electrons. The number of aryl methyl sites for hydroxylation is 1. The maximum Gasteiger partial charge on any atom is 0.251 e. The van der Waals surface area contributed by atoms with Gasteiger partial charge < -0.3 is 15.8 Å². The van der Waals surface area contributed by atoms with Gasteiger partial charge in [-0.1, -0.05) is 0 Å². The first-order valence-corrected chi connectivity index (χ1v) is 5.34. The Morgan fingerprint density at radius 1 is 1.59 bits per heavy atom. The monoisotopic (exact) mass is 240 g/mol. The van der Waals surface area contributed by atoms with Crippen LogP contribution in [0.15, 0.2) is 18.2 Å². The molecular weight excluding hydrogens is 223 g/mol. The zero-order chi connectivity index (χ0) is 12.8. The van der Waals surface area contributed by atoms with Gasteiger partial charge in [-0.25, -0.2) is 4.39 Å². The maximum atomic E-state index is 12.9. The first-order chi connectivity index (χ1) is 8.08. The predicted octanol–water partition coefficient (Wildman–Crippen LogP) is 0.838. The number of amides is 1. The van der Waals surface area contributed by atoms with Crippen LogP contribution in [0.2, 0.25) is 0 Å². The fourth-order valence-corrected chi connectivity index (χ4v) is 1.51. The van der Waals surface area contributed by atoms with E-state index in [-0.39, 0.29) is 17.8 Å². The molecule has 0 spiro atoms. The van der Waals surface area contributed by atoms with Gasteiger partial charge in [-0.2, -0.15) is 0 Å². The minimum atomic E-state index is -0.355. The molecule has 1 rings (SSSR count). The van der Waals surface area contributed by atoms with Gasteiger partial charge in [-0.3, -0.25) is 4.79 Å². The zero-order valence-corrected chi connectivity index (χ0v) is 10.00. The number of carbonyl (C=O) groups is 1. The third-order valence-corrected chi connectivity index (χ3v) is 2.42.